The van der Waals surface area contributed by atoms with Crippen molar-refractivity contribution in [3.8, 4) is 0 Å². The van der Waals surface area contributed by atoms with Crippen molar-refractivity contribution in [3.63, 3.8) is 0 Å². The number of benzene rings is 1. The molecule has 3 rings (SSSR count). The van der Waals surface area contributed by atoms with Crippen molar-refractivity contribution in [1.29, 1.82) is 0 Å². The third kappa shape index (κ3) is 5.86. The van der Waals surface area contributed by atoms with Gasteiger partial charge in [0, 0.05) is 0 Å². The summed E-state index contributed by atoms with van der Waals surface area (Å²) in [6.45, 7) is 4.58. The predicted molar refractivity (Wildman–Crippen MR) is 115 cm³/mol. The third-order valence-electron chi connectivity index (χ3n) is 7.69. The van der Waals surface area contributed by atoms with E-state index in [-0.39, 0.29) is 0 Å². The molecule has 0 radical (unpaired) electrons. The van der Waals surface area contributed by atoms with Crippen molar-refractivity contribution >= 4 is 0 Å². The Morgan fingerprint density at radius 3 is 1.65 bits per heavy atom. The van der Waals surface area contributed by atoms with Crippen molar-refractivity contribution in [2.45, 2.75) is 104 Å². The van der Waals surface area contributed by atoms with Gasteiger partial charge in [-0.25, -0.2) is 0 Å². The molecule has 146 valence electrons. The lowest BCUT2D eigenvalue weighted by Gasteiger charge is -2.38. The standard InChI is InChI=1S/C26H42/c1-3-5-6-22-13-17-25(18-14-22)26-19-15-24(16-20-26)12-11-23-9-7-21(4-2)8-10-23/h7-10,22,24-26H,3-6,11-20H2,1-2H3. The van der Waals surface area contributed by atoms with Crippen LogP contribution in [0.25, 0.3) is 0 Å². The molecule has 26 heavy (non-hydrogen) atoms. The van der Waals surface area contributed by atoms with Gasteiger partial charge >= 0.3 is 0 Å². The Kier molecular flexibility index (Phi) is 8.08. The predicted octanol–water partition coefficient (Wildman–Crippen LogP) is 7.98. The average molecular weight is 355 g/mol. The van der Waals surface area contributed by atoms with Crippen molar-refractivity contribution in [2.24, 2.45) is 23.7 Å². The van der Waals surface area contributed by atoms with Crippen LogP contribution in [0, 0.1) is 23.7 Å². The minimum absolute atomic E-state index is 0.998. The monoisotopic (exact) mass is 354 g/mol. The lowest BCUT2D eigenvalue weighted by Crippen LogP contribution is -2.26. The molecule has 2 aliphatic rings. The first-order valence-electron chi connectivity index (χ1n) is 11.9. The SMILES string of the molecule is CCCCC1CCC(C2CCC(CCc3ccc(CC)cc3)CC2)CC1. The molecule has 0 spiro atoms. The number of hydrogen-bond acceptors (Lipinski definition) is 0. The zero-order valence-corrected chi connectivity index (χ0v) is 17.5. The first-order valence-corrected chi connectivity index (χ1v) is 11.9. The first-order chi connectivity index (χ1) is 12.8. The van der Waals surface area contributed by atoms with Crippen molar-refractivity contribution in [1.82, 2.24) is 0 Å². The van der Waals surface area contributed by atoms with Gasteiger partial charge in [-0.2, -0.15) is 0 Å². The minimum Gasteiger partial charge on any atom is -0.0654 e. The summed E-state index contributed by atoms with van der Waals surface area (Å²) in [7, 11) is 0. The number of aryl methyl sites for hydroxylation is 2. The second kappa shape index (κ2) is 10.5. The van der Waals surface area contributed by atoms with E-state index in [0.29, 0.717) is 0 Å². The maximum atomic E-state index is 2.36. The van der Waals surface area contributed by atoms with Crippen LogP contribution in [0.1, 0.15) is 102 Å². The fourth-order valence-corrected chi connectivity index (χ4v) is 5.70. The molecule has 0 amide bonds. The minimum atomic E-state index is 0.998. The lowest BCUT2D eigenvalue weighted by atomic mass is 9.68. The molecule has 0 saturated heterocycles. The van der Waals surface area contributed by atoms with E-state index in [2.05, 4.69) is 38.1 Å². The topological polar surface area (TPSA) is 0 Å². The Morgan fingerprint density at radius 2 is 1.15 bits per heavy atom. The molecule has 0 aromatic heterocycles. The van der Waals surface area contributed by atoms with Crippen LogP contribution in [-0.2, 0) is 12.8 Å². The van der Waals surface area contributed by atoms with E-state index in [1.807, 2.05) is 0 Å². The number of unbranched alkanes of at least 4 members (excludes halogenated alkanes) is 1. The summed E-state index contributed by atoms with van der Waals surface area (Å²) in [6.07, 6.45) is 20.5. The van der Waals surface area contributed by atoms with Crippen LogP contribution in [0.5, 0.6) is 0 Å². The molecule has 2 aliphatic carbocycles. The van der Waals surface area contributed by atoms with Crippen molar-refractivity contribution < 1.29 is 0 Å². The summed E-state index contributed by atoms with van der Waals surface area (Å²) in [5.74, 6) is 4.22. The smallest absolute Gasteiger partial charge is 0.0276 e. The maximum Gasteiger partial charge on any atom is -0.0276 e. The van der Waals surface area contributed by atoms with Gasteiger partial charge in [0.1, 0.15) is 0 Å². The molecule has 1 aromatic rings. The van der Waals surface area contributed by atoms with Gasteiger partial charge in [-0.05, 0) is 79.7 Å². The van der Waals surface area contributed by atoms with E-state index in [0.717, 1.165) is 30.1 Å². The molecule has 2 saturated carbocycles. The molecule has 0 atom stereocenters. The van der Waals surface area contributed by atoms with Crippen LogP contribution in [0.4, 0.5) is 0 Å². The molecule has 1 aromatic carbocycles. The Balaban J connectivity index is 1.34. The molecule has 0 heterocycles. The van der Waals surface area contributed by atoms with Crippen LogP contribution in [0.2, 0.25) is 0 Å². The molecule has 0 bridgehead atoms. The van der Waals surface area contributed by atoms with Crippen LogP contribution in [0.15, 0.2) is 24.3 Å². The van der Waals surface area contributed by atoms with Gasteiger partial charge in [-0.15, -0.1) is 0 Å². The van der Waals surface area contributed by atoms with E-state index in [9.17, 15) is 0 Å². The van der Waals surface area contributed by atoms with Crippen molar-refractivity contribution in [2.75, 3.05) is 0 Å². The highest BCUT2D eigenvalue weighted by atomic mass is 14.4. The van der Waals surface area contributed by atoms with Gasteiger partial charge in [-0.1, -0.05) is 83.1 Å². The summed E-state index contributed by atoms with van der Waals surface area (Å²) in [4.78, 5) is 0. The quantitative estimate of drug-likeness (QED) is 0.444. The Morgan fingerprint density at radius 1 is 0.654 bits per heavy atom. The molecular weight excluding hydrogens is 312 g/mol. The van der Waals surface area contributed by atoms with Gasteiger partial charge in [0.25, 0.3) is 0 Å². The molecule has 0 heteroatoms. The Labute approximate surface area is 163 Å². The summed E-state index contributed by atoms with van der Waals surface area (Å²) in [6, 6.07) is 9.37. The van der Waals surface area contributed by atoms with Crippen LogP contribution in [0.3, 0.4) is 0 Å². The molecule has 2 fully saturated rings. The second-order valence-electron chi connectivity index (χ2n) is 9.41. The Bertz CT molecular complexity index is 483. The highest BCUT2D eigenvalue weighted by Crippen LogP contribution is 2.43. The van der Waals surface area contributed by atoms with E-state index in [1.54, 1.807) is 31.2 Å². The highest BCUT2D eigenvalue weighted by molar-refractivity contribution is 5.22. The van der Waals surface area contributed by atoms with E-state index in [1.165, 1.54) is 63.4 Å². The molecule has 0 N–H and O–H groups in total. The van der Waals surface area contributed by atoms with Crippen LogP contribution >= 0.6 is 0 Å². The molecular formula is C26H42. The second-order valence-corrected chi connectivity index (χ2v) is 9.41. The van der Waals surface area contributed by atoms with Crippen molar-refractivity contribution in [3.05, 3.63) is 35.4 Å². The summed E-state index contributed by atoms with van der Waals surface area (Å²) in [5, 5.41) is 0. The number of hydrogen-bond donors (Lipinski definition) is 0. The van der Waals surface area contributed by atoms with Gasteiger partial charge < -0.3 is 0 Å². The highest BCUT2D eigenvalue weighted by Gasteiger charge is 2.30. The van der Waals surface area contributed by atoms with E-state index < -0.39 is 0 Å². The fourth-order valence-electron chi connectivity index (χ4n) is 5.70. The van der Waals surface area contributed by atoms with Gasteiger partial charge in [-0.3, -0.25) is 0 Å². The molecule has 0 unspecified atom stereocenters. The first kappa shape index (κ1) is 20.0. The lowest BCUT2D eigenvalue weighted by molar-refractivity contribution is 0.140. The average Bonchev–Trinajstić information content (AvgIpc) is 2.72. The summed E-state index contributed by atoms with van der Waals surface area (Å²) >= 11 is 0. The molecule has 0 aliphatic heterocycles. The number of rotatable bonds is 8. The van der Waals surface area contributed by atoms with Gasteiger partial charge in [0.05, 0.1) is 0 Å². The third-order valence-corrected chi connectivity index (χ3v) is 7.69. The zero-order valence-electron chi connectivity index (χ0n) is 17.5. The normalized spacial score (nSPS) is 29.6. The Hall–Kier alpha value is -0.780. The maximum absolute atomic E-state index is 2.36. The van der Waals surface area contributed by atoms with Gasteiger partial charge in [0.15, 0.2) is 0 Å². The van der Waals surface area contributed by atoms with Gasteiger partial charge in [0.2, 0.25) is 0 Å². The van der Waals surface area contributed by atoms with Crippen LogP contribution < -0.4 is 0 Å². The molecule has 0 nitrogen and oxygen atoms in total. The zero-order chi connectivity index (χ0) is 18.2. The van der Waals surface area contributed by atoms with E-state index in [4.69, 9.17) is 0 Å². The summed E-state index contributed by atoms with van der Waals surface area (Å²) in [5.41, 5.74) is 3.02. The van der Waals surface area contributed by atoms with E-state index >= 15 is 0 Å². The van der Waals surface area contributed by atoms with Crippen LogP contribution in [-0.4, -0.2) is 0 Å². The fraction of sp³-hybridized carbons (Fsp3) is 0.769. The largest absolute Gasteiger partial charge is 0.0654 e. The summed E-state index contributed by atoms with van der Waals surface area (Å²) < 4.78 is 0.